The molecule has 17 heavy (non-hydrogen) atoms. The summed E-state index contributed by atoms with van der Waals surface area (Å²) in [6.45, 7) is 0. The van der Waals surface area contributed by atoms with Gasteiger partial charge in [0.1, 0.15) is 0 Å². The Bertz CT molecular complexity index is 508. The van der Waals surface area contributed by atoms with Gasteiger partial charge in [-0.3, -0.25) is 0 Å². The van der Waals surface area contributed by atoms with E-state index in [1.807, 2.05) is 54.3 Å². The molecule has 0 bridgehead atoms. The third-order valence-electron chi connectivity index (χ3n) is 2.66. The van der Waals surface area contributed by atoms with Crippen molar-refractivity contribution in [1.29, 1.82) is 0 Å². The Hall–Kier alpha value is -2.05. The molecule has 1 aromatic heterocycles. The smallest absolute Gasteiger partial charge is 0.0808 e. The maximum absolute atomic E-state index is 5.34. The molecule has 1 aromatic carbocycles. The van der Waals surface area contributed by atoms with Crippen LogP contribution < -0.4 is 5.32 Å². The molecule has 0 radical (unpaired) electrons. The molecule has 1 unspecified atom stereocenters. The number of hydrogen-bond acceptors (Lipinski definition) is 2. The standard InChI is InChI=1S/C14H15N3/c1-3-7-13(15-2)14-10-11-17(16-14)12-8-5-4-6-9-12/h1,4-6,8-11,13,15H,7H2,2H3. The summed E-state index contributed by atoms with van der Waals surface area (Å²) in [4.78, 5) is 0. The van der Waals surface area contributed by atoms with Crippen LogP contribution in [0.1, 0.15) is 18.2 Å². The van der Waals surface area contributed by atoms with Gasteiger partial charge in [0, 0.05) is 12.6 Å². The van der Waals surface area contributed by atoms with E-state index < -0.39 is 0 Å². The van der Waals surface area contributed by atoms with Crippen LogP contribution in [-0.2, 0) is 0 Å². The molecule has 0 saturated carbocycles. The first kappa shape index (κ1) is 11.4. The molecule has 3 heteroatoms. The van der Waals surface area contributed by atoms with Crippen molar-refractivity contribution in [3.05, 3.63) is 48.3 Å². The van der Waals surface area contributed by atoms with E-state index in [4.69, 9.17) is 6.42 Å². The van der Waals surface area contributed by atoms with Gasteiger partial charge in [-0.2, -0.15) is 5.10 Å². The van der Waals surface area contributed by atoms with Gasteiger partial charge < -0.3 is 5.32 Å². The second kappa shape index (κ2) is 5.33. The molecule has 0 fully saturated rings. The van der Waals surface area contributed by atoms with Crippen LogP contribution >= 0.6 is 0 Å². The highest BCUT2D eigenvalue weighted by Gasteiger charge is 2.11. The van der Waals surface area contributed by atoms with Gasteiger partial charge in [0.2, 0.25) is 0 Å². The summed E-state index contributed by atoms with van der Waals surface area (Å²) >= 11 is 0. The molecule has 1 atom stereocenters. The molecular weight excluding hydrogens is 210 g/mol. The minimum Gasteiger partial charge on any atom is -0.311 e. The van der Waals surface area contributed by atoms with Gasteiger partial charge >= 0.3 is 0 Å². The van der Waals surface area contributed by atoms with Crippen molar-refractivity contribution < 1.29 is 0 Å². The van der Waals surface area contributed by atoms with Crippen LogP contribution in [0.3, 0.4) is 0 Å². The molecule has 2 aromatic rings. The van der Waals surface area contributed by atoms with Crippen LogP contribution in [0.4, 0.5) is 0 Å². The van der Waals surface area contributed by atoms with Gasteiger partial charge in [-0.15, -0.1) is 12.3 Å². The fraction of sp³-hybridized carbons (Fsp3) is 0.214. The van der Waals surface area contributed by atoms with Gasteiger partial charge in [0.15, 0.2) is 0 Å². The fourth-order valence-electron chi connectivity index (χ4n) is 1.72. The van der Waals surface area contributed by atoms with E-state index in [9.17, 15) is 0 Å². The van der Waals surface area contributed by atoms with E-state index >= 15 is 0 Å². The highest BCUT2D eigenvalue weighted by Crippen LogP contribution is 2.15. The number of nitrogens with one attached hydrogen (secondary N) is 1. The van der Waals surface area contributed by atoms with Crippen molar-refractivity contribution in [2.24, 2.45) is 0 Å². The minimum absolute atomic E-state index is 0.116. The Kier molecular flexibility index (Phi) is 3.59. The lowest BCUT2D eigenvalue weighted by Crippen LogP contribution is -2.16. The fourth-order valence-corrected chi connectivity index (χ4v) is 1.72. The molecule has 0 aliphatic carbocycles. The number of nitrogens with zero attached hydrogens (tertiary/aromatic N) is 2. The number of aromatic nitrogens is 2. The van der Waals surface area contributed by atoms with Gasteiger partial charge in [0.25, 0.3) is 0 Å². The first-order valence-corrected chi connectivity index (χ1v) is 5.57. The highest BCUT2D eigenvalue weighted by atomic mass is 15.3. The molecule has 1 heterocycles. The van der Waals surface area contributed by atoms with E-state index in [2.05, 4.69) is 16.3 Å². The molecule has 0 amide bonds. The summed E-state index contributed by atoms with van der Waals surface area (Å²) in [5, 5.41) is 7.69. The van der Waals surface area contributed by atoms with E-state index in [1.54, 1.807) is 0 Å². The maximum atomic E-state index is 5.34. The largest absolute Gasteiger partial charge is 0.311 e. The summed E-state index contributed by atoms with van der Waals surface area (Å²) in [6.07, 6.45) is 7.93. The molecule has 2 rings (SSSR count). The second-order valence-corrected chi connectivity index (χ2v) is 3.77. The van der Waals surface area contributed by atoms with Crippen molar-refractivity contribution in [1.82, 2.24) is 15.1 Å². The summed E-state index contributed by atoms with van der Waals surface area (Å²) < 4.78 is 1.86. The summed E-state index contributed by atoms with van der Waals surface area (Å²) in [7, 11) is 1.89. The second-order valence-electron chi connectivity index (χ2n) is 3.77. The van der Waals surface area contributed by atoms with Crippen LogP contribution in [0.25, 0.3) is 5.69 Å². The molecule has 0 saturated heterocycles. The Balaban J connectivity index is 2.24. The predicted molar refractivity (Wildman–Crippen MR) is 68.8 cm³/mol. The zero-order valence-corrected chi connectivity index (χ0v) is 9.80. The normalized spacial score (nSPS) is 12.0. The number of benzene rings is 1. The lowest BCUT2D eigenvalue weighted by Gasteiger charge is -2.09. The monoisotopic (exact) mass is 225 g/mol. The van der Waals surface area contributed by atoms with Crippen molar-refractivity contribution in [3.63, 3.8) is 0 Å². The highest BCUT2D eigenvalue weighted by molar-refractivity contribution is 5.30. The molecule has 0 spiro atoms. The summed E-state index contributed by atoms with van der Waals surface area (Å²) in [5.74, 6) is 2.65. The zero-order chi connectivity index (χ0) is 12.1. The summed E-state index contributed by atoms with van der Waals surface area (Å²) in [6, 6.07) is 12.1. The van der Waals surface area contributed by atoms with Crippen LogP contribution in [0, 0.1) is 12.3 Å². The predicted octanol–water partition coefficient (Wildman–Crippen LogP) is 2.16. The molecule has 86 valence electrons. The average molecular weight is 225 g/mol. The maximum Gasteiger partial charge on any atom is 0.0808 e. The quantitative estimate of drug-likeness (QED) is 0.808. The van der Waals surface area contributed by atoms with E-state index in [1.165, 1.54) is 0 Å². The van der Waals surface area contributed by atoms with E-state index in [0.29, 0.717) is 6.42 Å². The van der Waals surface area contributed by atoms with Crippen molar-refractivity contribution in [2.45, 2.75) is 12.5 Å². The Labute approximate surface area is 101 Å². The van der Waals surface area contributed by atoms with Crippen molar-refractivity contribution >= 4 is 0 Å². The molecule has 1 N–H and O–H groups in total. The Morgan fingerprint density at radius 1 is 1.35 bits per heavy atom. The van der Waals surface area contributed by atoms with Crippen LogP contribution in [0.15, 0.2) is 42.6 Å². The zero-order valence-electron chi connectivity index (χ0n) is 9.80. The van der Waals surface area contributed by atoms with Crippen LogP contribution in [0.5, 0.6) is 0 Å². The SMILES string of the molecule is C#CCC(NC)c1ccn(-c2ccccc2)n1. The number of para-hydroxylation sites is 1. The van der Waals surface area contributed by atoms with Crippen molar-refractivity contribution in [3.8, 4) is 18.0 Å². The lowest BCUT2D eigenvalue weighted by molar-refractivity contribution is 0.586. The average Bonchev–Trinajstić information content (AvgIpc) is 2.86. The third kappa shape index (κ3) is 2.55. The van der Waals surface area contributed by atoms with Gasteiger partial charge in [0.05, 0.1) is 17.4 Å². The third-order valence-corrected chi connectivity index (χ3v) is 2.66. The Morgan fingerprint density at radius 2 is 2.12 bits per heavy atom. The number of hydrogen-bond donors (Lipinski definition) is 1. The number of terminal acetylenes is 1. The molecule has 0 aliphatic heterocycles. The van der Waals surface area contributed by atoms with E-state index in [-0.39, 0.29) is 6.04 Å². The molecular formula is C14H15N3. The first-order chi connectivity index (χ1) is 8.35. The van der Waals surface area contributed by atoms with Crippen LogP contribution in [0.2, 0.25) is 0 Å². The van der Waals surface area contributed by atoms with Gasteiger partial charge in [-0.1, -0.05) is 18.2 Å². The summed E-state index contributed by atoms with van der Waals surface area (Å²) in [5.41, 5.74) is 2.02. The van der Waals surface area contributed by atoms with E-state index in [0.717, 1.165) is 11.4 Å². The van der Waals surface area contributed by atoms with Gasteiger partial charge in [-0.25, -0.2) is 4.68 Å². The minimum atomic E-state index is 0.116. The van der Waals surface area contributed by atoms with Crippen molar-refractivity contribution in [2.75, 3.05) is 7.05 Å². The van der Waals surface area contributed by atoms with Crippen LogP contribution in [-0.4, -0.2) is 16.8 Å². The lowest BCUT2D eigenvalue weighted by atomic mass is 10.1. The topological polar surface area (TPSA) is 29.9 Å². The van der Waals surface area contributed by atoms with Gasteiger partial charge in [-0.05, 0) is 25.2 Å². The number of rotatable bonds is 4. The molecule has 0 aliphatic rings. The Morgan fingerprint density at radius 3 is 2.76 bits per heavy atom. The first-order valence-electron chi connectivity index (χ1n) is 5.57. The molecule has 3 nitrogen and oxygen atoms in total.